The van der Waals surface area contributed by atoms with Crippen LogP contribution in [0.4, 0.5) is 0 Å². The maximum atomic E-state index is 5.49. The molecule has 0 spiro atoms. The molecule has 3 heteroatoms. The van der Waals surface area contributed by atoms with E-state index in [1.807, 2.05) is 12.1 Å². The highest BCUT2D eigenvalue weighted by Gasteiger charge is 2.24. The van der Waals surface area contributed by atoms with Crippen molar-refractivity contribution >= 4 is 35.4 Å². The monoisotopic (exact) mass is 390 g/mol. The molecule has 1 nitrogen and oxygen atoms in total. The van der Waals surface area contributed by atoms with Gasteiger partial charge in [0.1, 0.15) is 15.9 Å². The standard InChI is InChI=1S/C18H15P.C6H6ClN/c1-4-10-16(11-5-1)19(17-12-6-2-7-13-17)18-14-8-3-9-15-18;7-4-6-2-1-3-8-5-6/h1-15H;1-3,5H,4H2/p+1. The van der Waals surface area contributed by atoms with E-state index in [-0.39, 0.29) is 0 Å². The number of halogens is 1. The number of hydrogen-bond acceptors (Lipinski definition) is 1. The van der Waals surface area contributed by atoms with Crippen molar-refractivity contribution in [3.8, 4) is 0 Å². The van der Waals surface area contributed by atoms with Crippen LogP contribution in [0.5, 0.6) is 0 Å². The summed E-state index contributed by atoms with van der Waals surface area (Å²) in [6, 6.07) is 36.3. The lowest BCUT2D eigenvalue weighted by Crippen LogP contribution is -2.20. The fourth-order valence-corrected chi connectivity index (χ4v) is 5.53. The van der Waals surface area contributed by atoms with E-state index in [4.69, 9.17) is 11.6 Å². The van der Waals surface area contributed by atoms with Gasteiger partial charge >= 0.3 is 0 Å². The predicted molar refractivity (Wildman–Crippen MR) is 120 cm³/mol. The maximum absolute atomic E-state index is 5.49. The molecule has 1 heterocycles. The number of benzene rings is 3. The predicted octanol–water partition coefficient (Wildman–Crippen LogP) is 5.00. The SMILES string of the molecule is ClCc1cccnc1.c1ccc([PH+](c2ccccc2)c2ccccc2)cc1. The van der Waals surface area contributed by atoms with E-state index in [1.54, 1.807) is 12.4 Å². The molecule has 0 saturated heterocycles. The van der Waals surface area contributed by atoms with Gasteiger partial charge in [-0.1, -0.05) is 60.7 Å². The highest BCUT2D eigenvalue weighted by Crippen LogP contribution is 2.32. The van der Waals surface area contributed by atoms with E-state index >= 15 is 0 Å². The smallest absolute Gasteiger partial charge is 0.102 e. The Morgan fingerprint density at radius 2 is 1.04 bits per heavy atom. The van der Waals surface area contributed by atoms with E-state index in [2.05, 4.69) is 96.0 Å². The van der Waals surface area contributed by atoms with Crippen molar-refractivity contribution in [3.05, 3.63) is 121 Å². The van der Waals surface area contributed by atoms with Gasteiger partial charge in [0.15, 0.2) is 0 Å². The van der Waals surface area contributed by atoms with Crippen LogP contribution in [0, 0.1) is 0 Å². The third kappa shape index (κ3) is 5.76. The highest BCUT2D eigenvalue weighted by molar-refractivity contribution is 7.79. The topological polar surface area (TPSA) is 12.9 Å². The quantitative estimate of drug-likeness (QED) is 0.353. The summed E-state index contributed by atoms with van der Waals surface area (Å²) in [5, 5.41) is 4.31. The molecule has 134 valence electrons. The van der Waals surface area contributed by atoms with Crippen LogP contribution < -0.4 is 15.9 Å². The van der Waals surface area contributed by atoms with Crippen LogP contribution in [-0.2, 0) is 5.88 Å². The van der Waals surface area contributed by atoms with Gasteiger partial charge in [-0.25, -0.2) is 0 Å². The molecule has 4 rings (SSSR count). The molecule has 4 aromatic rings. The van der Waals surface area contributed by atoms with Gasteiger partial charge in [-0.3, -0.25) is 4.98 Å². The minimum atomic E-state index is -0.877. The van der Waals surface area contributed by atoms with Crippen LogP contribution in [0.3, 0.4) is 0 Å². The Morgan fingerprint density at radius 3 is 1.33 bits per heavy atom. The zero-order valence-electron chi connectivity index (χ0n) is 15.0. The lowest BCUT2D eigenvalue weighted by atomic mass is 10.3. The summed E-state index contributed by atoms with van der Waals surface area (Å²) in [6.45, 7) is 0. The second-order valence-electron chi connectivity index (χ2n) is 5.97. The summed E-state index contributed by atoms with van der Waals surface area (Å²) < 4.78 is 0. The van der Waals surface area contributed by atoms with Crippen LogP contribution in [-0.4, -0.2) is 4.98 Å². The van der Waals surface area contributed by atoms with Crippen LogP contribution >= 0.6 is 19.5 Å². The van der Waals surface area contributed by atoms with Crippen LogP contribution in [0.2, 0.25) is 0 Å². The van der Waals surface area contributed by atoms with E-state index in [0.29, 0.717) is 5.88 Å². The first-order valence-electron chi connectivity index (χ1n) is 8.86. The molecule has 0 bridgehead atoms. The number of pyridine rings is 1. The summed E-state index contributed by atoms with van der Waals surface area (Å²) in [5.41, 5.74) is 1.06. The Kier molecular flexibility index (Phi) is 7.59. The van der Waals surface area contributed by atoms with Gasteiger partial charge in [0.05, 0.1) is 7.92 Å². The summed E-state index contributed by atoms with van der Waals surface area (Å²) in [4.78, 5) is 3.87. The third-order valence-corrected chi connectivity index (χ3v) is 7.11. The number of nitrogens with zero attached hydrogens (tertiary/aromatic N) is 1. The maximum Gasteiger partial charge on any atom is 0.102 e. The Hall–Kier alpha value is -2.47. The molecule has 0 aliphatic rings. The Bertz CT molecular complexity index is 806. The zero-order valence-corrected chi connectivity index (χ0v) is 16.8. The van der Waals surface area contributed by atoms with Crippen molar-refractivity contribution in [2.75, 3.05) is 0 Å². The van der Waals surface area contributed by atoms with E-state index in [1.165, 1.54) is 15.9 Å². The van der Waals surface area contributed by atoms with Crippen molar-refractivity contribution in [3.63, 3.8) is 0 Å². The molecule has 0 unspecified atom stereocenters. The van der Waals surface area contributed by atoms with Crippen molar-refractivity contribution in [2.24, 2.45) is 0 Å². The molecule has 1 aromatic heterocycles. The Morgan fingerprint density at radius 1 is 0.593 bits per heavy atom. The van der Waals surface area contributed by atoms with Crippen LogP contribution in [0.25, 0.3) is 0 Å². The van der Waals surface area contributed by atoms with Gasteiger partial charge in [0.2, 0.25) is 0 Å². The summed E-state index contributed by atoms with van der Waals surface area (Å²) >= 11 is 5.49. The summed E-state index contributed by atoms with van der Waals surface area (Å²) in [5.74, 6) is 0.549. The molecule has 0 radical (unpaired) electrons. The normalized spacial score (nSPS) is 10.1. The average molecular weight is 391 g/mol. The fraction of sp³-hybridized carbons (Fsp3) is 0.0417. The van der Waals surface area contributed by atoms with E-state index in [0.717, 1.165) is 5.56 Å². The summed E-state index contributed by atoms with van der Waals surface area (Å²) in [6.07, 6.45) is 3.49. The second-order valence-corrected chi connectivity index (χ2v) is 8.72. The third-order valence-electron chi connectivity index (χ3n) is 4.06. The van der Waals surface area contributed by atoms with Gasteiger partial charge in [-0.05, 0) is 48.0 Å². The van der Waals surface area contributed by atoms with Crippen molar-refractivity contribution in [2.45, 2.75) is 5.88 Å². The molecular weight excluding hydrogens is 369 g/mol. The van der Waals surface area contributed by atoms with Gasteiger partial charge in [0.25, 0.3) is 0 Å². The molecular formula is C24H22ClNP+. The molecule has 0 N–H and O–H groups in total. The number of rotatable bonds is 4. The molecule has 0 atom stereocenters. The Balaban J connectivity index is 0.000000221. The number of hydrogen-bond donors (Lipinski definition) is 0. The van der Waals surface area contributed by atoms with Gasteiger partial charge in [0, 0.05) is 18.3 Å². The lowest BCUT2D eigenvalue weighted by Gasteiger charge is -2.10. The van der Waals surface area contributed by atoms with Crippen molar-refractivity contribution < 1.29 is 0 Å². The average Bonchev–Trinajstić information content (AvgIpc) is 2.77. The molecule has 27 heavy (non-hydrogen) atoms. The highest BCUT2D eigenvalue weighted by atomic mass is 35.5. The van der Waals surface area contributed by atoms with Gasteiger partial charge < -0.3 is 0 Å². The molecule has 3 aromatic carbocycles. The molecule has 0 aliphatic carbocycles. The van der Waals surface area contributed by atoms with Crippen LogP contribution in [0.15, 0.2) is 116 Å². The van der Waals surface area contributed by atoms with Crippen LogP contribution in [0.1, 0.15) is 5.56 Å². The number of alkyl halides is 1. The van der Waals surface area contributed by atoms with Crippen molar-refractivity contribution in [1.29, 1.82) is 0 Å². The van der Waals surface area contributed by atoms with E-state index < -0.39 is 7.92 Å². The zero-order chi connectivity index (χ0) is 18.7. The molecule has 0 aliphatic heterocycles. The van der Waals surface area contributed by atoms with Gasteiger partial charge in [-0.15, -0.1) is 11.6 Å². The Labute approximate surface area is 167 Å². The van der Waals surface area contributed by atoms with Crippen molar-refractivity contribution in [1.82, 2.24) is 4.98 Å². The first-order chi connectivity index (χ1) is 13.4. The lowest BCUT2D eigenvalue weighted by molar-refractivity contribution is 1.25. The minimum Gasteiger partial charge on any atom is -0.264 e. The summed E-state index contributed by atoms with van der Waals surface area (Å²) in [7, 11) is -0.877. The largest absolute Gasteiger partial charge is 0.264 e. The van der Waals surface area contributed by atoms with Gasteiger partial charge in [-0.2, -0.15) is 0 Å². The molecule has 0 fully saturated rings. The number of aromatic nitrogens is 1. The first-order valence-corrected chi connectivity index (χ1v) is 10.9. The fourth-order valence-electron chi connectivity index (χ4n) is 2.79. The second kappa shape index (κ2) is 10.6. The van der Waals surface area contributed by atoms with E-state index in [9.17, 15) is 0 Å². The molecule has 0 saturated carbocycles. The first kappa shape index (κ1) is 19.3. The molecule has 0 amide bonds. The minimum absolute atomic E-state index is 0.549.